The number of aryl methyl sites for hydroxylation is 2. The fourth-order valence-corrected chi connectivity index (χ4v) is 3.99. The highest BCUT2D eigenvalue weighted by molar-refractivity contribution is 5.37. The Labute approximate surface area is 143 Å². The number of nitrogens with one attached hydrogen (secondary N) is 1. The monoisotopic (exact) mass is 323 g/mol. The van der Waals surface area contributed by atoms with E-state index in [0.717, 1.165) is 31.7 Å². The van der Waals surface area contributed by atoms with Crippen molar-refractivity contribution in [2.75, 3.05) is 18.0 Å². The smallest absolute Gasteiger partial charge is 0.151 e. The molecule has 0 aromatic carbocycles. The van der Waals surface area contributed by atoms with Gasteiger partial charge in [-0.3, -0.25) is 4.98 Å². The van der Waals surface area contributed by atoms with Crippen LogP contribution in [0.2, 0.25) is 0 Å². The number of pyridine rings is 1. The molecule has 0 unspecified atom stereocenters. The van der Waals surface area contributed by atoms with Crippen molar-refractivity contribution in [3.8, 4) is 0 Å². The number of hydrogen-bond donors (Lipinski definition) is 1. The average molecular weight is 323 g/mol. The summed E-state index contributed by atoms with van der Waals surface area (Å²) in [7, 11) is 0. The lowest BCUT2D eigenvalue weighted by atomic mass is 10.0. The van der Waals surface area contributed by atoms with Crippen LogP contribution < -0.4 is 10.2 Å². The van der Waals surface area contributed by atoms with Gasteiger partial charge in [-0.2, -0.15) is 5.10 Å². The lowest BCUT2D eigenvalue weighted by Crippen LogP contribution is -2.49. The molecular weight excluding hydrogens is 298 g/mol. The molecule has 2 aromatic rings. The Morgan fingerprint density at radius 2 is 1.92 bits per heavy atom. The highest BCUT2D eigenvalue weighted by atomic mass is 15.3. The molecule has 3 heterocycles. The van der Waals surface area contributed by atoms with Crippen LogP contribution in [0.25, 0.3) is 0 Å². The van der Waals surface area contributed by atoms with Gasteiger partial charge in [-0.15, -0.1) is 5.10 Å². The summed E-state index contributed by atoms with van der Waals surface area (Å²) < 4.78 is 0. The molecule has 0 spiro atoms. The number of nitrogens with zero attached hydrogens (tertiary/aromatic N) is 4. The summed E-state index contributed by atoms with van der Waals surface area (Å²) in [5.41, 5.74) is 2.73. The van der Waals surface area contributed by atoms with Crippen molar-refractivity contribution < 1.29 is 0 Å². The second-order valence-electron chi connectivity index (χ2n) is 6.92. The predicted octanol–water partition coefficient (Wildman–Crippen LogP) is 2.38. The topological polar surface area (TPSA) is 53.9 Å². The van der Waals surface area contributed by atoms with E-state index in [0.29, 0.717) is 12.1 Å². The summed E-state index contributed by atoms with van der Waals surface area (Å²) in [5.74, 6) is 1.00. The standard InChI is InChI=1S/C19H25N5/c1-4-15-7-8-16(9-10-18(15)20-11-1)22-17-5-3-13-24(14-17)19-6-2-12-21-23-19/h1-2,4,6,11-12,16-17,22H,3,5,7-10,13-14H2/t16-,17-/m1/s1. The van der Waals surface area contributed by atoms with E-state index >= 15 is 0 Å². The van der Waals surface area contributed by atoms with Crippen LogP contribution in [0, 0.1) is 0 Å². The summed E-state index contributed by atoms with van der Waals surface area (Å²) in [6.45, 7) is 2.11. The molecule has 0 bridgehead atoms. The molecule has 4 rings (SSSR count). The maximum Gasteiger partial charge on any atom is 0.151 e. The Morgan fingerprint density at radius 3 is 2.83 bits per heavy atom. The Bertz CT molecular complexity index is 633. The third kappa shape index (κ3) is 3.56. The van der Waals surface area contributed by atoms with Gasteiger partial charge in [-0.05, 0) is 62.3 Å². The van der Waals surface area contributed by atoms with Crippen LogP contribution in [0.15, 0.2) is 36.7 Å². The highest BCUT2D eigenvalue weighted by Crippen LogP contribution is 2.21. The molecule has 0 saturated carbocycles. The van der Waals surface area contributed by atoms with Gasteiger partial charge < -0.3 is 10.2 Å². The maximum absolute atomic E-state index is 4.56. The van der Waals surface area contributed by atoms with Crippen LogP contribution in [0.4, 0.5) is 5.82 Å². The Hall–Kier alpha value is -2.01. The third-order valence-electron chi connectivity index (χ3n) is 5.25. The second-order valence-corrected chi connectivity index (χ2v) is 6.92. The van der Waals surface area contributed by atoms with Crippen LogP contribution >= 0.6 is 0 Å². The number of aromatic nitrogens is 3. The molecule has 1 fully saturated rings. The minimum atomic E-state index is 0.542. The molecule has 126 valence electrons. The molecule has 24 heavy (non-hydrogen) atoms. The minimum Gasteiger partial charge on any atom is -0.354 e. The first-order valence-electron chi connectivity index (χ1n) is 9.10. The fourth-order valence-electron chi connectivity index (χ4n) is 3.99. The molecule has 1 N–H and O–H groups in total. The first-order valence-corrected chi connectivity index (χ1v) is 9.10. The van der Waals surface area contributed by atoms with E-state index < -0.39 is 0 Å². The van der Waals surface area contributed by atoms with Crippen LogP contribution in [-0.2, 0) is 12.8 Å². The van der Waals surface area contributed by atoms with Crippen molar-refractivity contribution in [3.63, 3.8) is 0 Å². The largest absolute Gasteiger partial charge is 0.354 e. The van der Waals surface area contributed by atoms with Gasteiger partial charge in [-0.25, -0.2) is 0 Å². The summed E-state index contributed by atoms with van der Waals surface area (Å²) in [4.78, 5) is 6.92. The summed E-state index contributed by atoms with van der Waals surface area (Å²) in [6, 6.07) is 9.46. The van der Waals surface area contributed by atoms with Gasteiger partial charge in [0.05, 0.1) is 0 Å². The molecule has 5 nitrogen and oxygen atoms in total. The number of piperidine rings is 1. The van der Waals surface area contributed by atoms with Crippen LogP contribution in [0.1, 0.15) is 36.9 Å². The van der Waals surface area contributed by atoms with Crippen molar-refractivity contribution in [1.82, 2.24) is 20.5 Å². The van der Waals surface area contributed by atoms with Crippen LogP contribution in [-0.4, -0.2) is 40.4 Å². The lowest BCUT2D eigenvalue weighted by Gasteiger charge is -2.35. The molecule has 1 saturated heterocycles. The molecule has 5 heteroatoms. The van der Waals surface area contributed by atoms with E-state index in [-0.39, 0.29) is 0 Å². The van der Waals surface area contributed by atoms with E-state index in [9.17, 15) is 0 Å². The SMILES string of the molecule is c1cnnc(N2CCC[C@@H](N[C@@H]3CCc4cccnc4CC3)C2)c1. The predicted molar refractivity (Wildman–Crippen MR) is 95.1 cm³/mol. The maximum atomic E-state index is 4.56. The van der Waals surface area contributed by atoms with Crippen molar-refractivity contribution >= 4 is 5.82 Å². The molecule has 1 aliphatic heterocycles. The van der Waals surface area contributed by atoms with E-state index in [1.807, 2.05) is 12.3 Å². The molecule has 0 amide bonds. The van der Waals surface area contributed by atoms with Gasteiger partial charge in [0, 0.05) is 43.3 Å². The van der Waals surface area contributed by atoms with Gasteiger partial charge >= 0.3 is 0 Å². The number of hydrogen-bond acceptors (Lipinski definition) is 5. The average Bonchev–Trinajstić information content (AvgIpc) is 2.85. The minimum absolute atomic E-state index is 0.542. The molecule has 2 aliphatic rings. The molecule has 2 aromatic heterocycles. The second kappa shape index (κ2) is 7.26. The van der Waals surface area contributed by atoms with Gasteiger partial charge in [0.15, 0.2) is 5.82 Å². The van der Waals surface area contributed by atoms with Gasteiger partial charge in [0.2, 0.25) is 0 Å². The Morgan fingerprint density at radius 1 is 1.00 bits per heavy atom. The van der Waals surface area contributed by atoms with Crippen molar-refractivity contribution in [2.24, 2.45) is 0 Å². The van der Waals surface area contributed by atoms with Crippen LogP contribution in [0.3, 0.4) is 0 Å². The molecular formula is C19H25N5. The molecule has 0 radical (unpaired) electrons. The quantitative estimate of drug-likeness (QED) is 0.879. The Balaban J connectivity index is 1.36. The van der Waals surface area contributed by atoms with Crippen molar-refractivity contribution in [3.05, 3.63) is 47.9 Å². The van der Waals surface area contributed by atoms with E-state index in [1.165, 1.54) is 36.9 Å². The number of rotatable bonds is 3. The zero-order valence-corrected chi connectivity index (χ0v) is 14.1. The first-order chi connectivity index (χ1) is 11.9. The summed E-state index contributed by atoms with van der Waals surface area (Å²) >= 11 is 0. The number of anilines is 1. The first kappa shape index (κ1) is 15.5. The third-order valence-corrected chi connectivity index (χ3v) is 5.25. The zero-order valence-electron chi connectivity index (χ0n) is 14.1. The molecule has 1 aliphatic carbocycles. The number of fused-ring (bicyclic) bond motifs is 1. The lowest BCUT2D eigenvalue weighted by molar-refractivity contribution is 0.351. The Kier molecular flexibility index (Phi) is 4.69. The van der Waals surface area contributed by atoms with Crippen molar-refractivity contribution in [1.29, 1.82) is 0 Å². The van der Waals surface area contributed by atoms with Crippen LogP contribution in [0.5, 0.6) is 0 Å². The van der Waals surface area contributed by atoms with Gasteiger partial charge in [0.25, 0.3) is 0 Å². The van der Waals surface area contributed by atoms with Gasteiger partial charge in [0.1, 0.15) is 0 Å². The fraction of sp³-hybridized carbons (Fsp3) is 0.526. The normalized spacial score (nSPS) is 24.2. The highest BCUT2D eigenvalue weighted by Gasteiger charge is 2.24. The van der Waals surface area contributed by atoms with E-state index in [1.54, 1.807) is 6.20 Å². The summed E-state index contributed by atoms with van der Waals surface area (Å²) in [6.07, 6.45) is 10.7. The van der Waals surface area contributed by atoms with E-state index in [4.69, 9.17) is 0 Å². The van der Waals surface area contributed by atoms with Gasteiger partial charge in [-0.1, -0.05) is 6.07 Å². The summed E-state index contributed by atoms with van der Waals surface area (Å²) in [5, 5.41) is 12.2. The molecule has 2 atom stereocenters. The van der Waals surface area contributed by atoms with E-state index in [2.05, 4.69) is 43.6 Å². The van der Waals surface area contributed by atoms with Crippen molar-refractivity contribution in [2.45, 2.75) is 50.6 Å². The zero-order chi connectivity index (χ0) is 16.2.